The first kappa shape index (κ1) is 17.4. The first-order valence-electron chi connectivity index (χ1n) is 9.51. The molecule has 0 radical (unpaired) electrons. The van der Waals surface area contributed by atoms with E-state index < -0.39 is 0 Å². The molecule has 0 N–H and O–H groups in total. The predicted octanol–water partition coefficient (Wildman–Crippen LogP) is 6.04. The van der Waals surface area contributed by atoms with E-state index in [1.807, 2.05) is 0 Å². The molecule has 2 aliphatic rings. The van der Waals surface area contributed by atoms with Crippen molar-refractivity contribution in [2.45, 2.75) is 77.7 Å². The predicted molar refractivity (Wildman–Crippen MR) is 100 cm³/mol. The van der Waals surface area contributed by atoms with Crippen molar-refractivity contribution in [1.82, 2.24) is 0 Å². The molecule has 0 bridgehead atoms. The Morgan fingerprint density at radius 1 is 1.25 bits per heavy atom. The summed E-state index contributed by atoms with van der Waals surface area (Å²) in [6.45, 7) is 9.00. The number of aryl methyl sites for hydroxylation is 1. The van der Waals surface area contributed by atoms with Crippen LogP contribution in [0.5, 0.6) is 11.5 Å². The molecule has 0 amide bonds. The molecule has 24 heavy (non-hydrogen) atoms. The van der Waals surface area contributed by atoms with E-state index in [2.05, 4.69) is 45.9 Å². The van der Waals surface area contributed by atoms with E-state index in [0.717, 1.165) is 30.8 Å². The number of methoxy groups -OCH3 is 1. The Morgan fingerprint density at radius 2 is 2.04 bits per heavy atom. The second-order valence-corrected chi connectivity index (χ2v) is 8.08. The molecule has 2 heteroatoms. The second-order valence-electron chi connectivity index (χ2n) is 8.08. The summed E-state index contributed by atoms with van der Waals surface area (Å²) in [4.78, 5) is 0. The average molecular weight is 328 g/mol. The zero-order chi connectivity index (χ0) is 17.3. The quantitative estimate of drug-likeness (QED) is 0.484. The summed E-state index contributed by atoms with van der Waals surface area (Å²) in [6.07, 6.45) is 9.48. The highest BCUT2D eigenvalue weighted by atomic mass is 16.5. The van der Waals surface area contributed by atoms with Crippen LogP contribution in [0.25, 0.3) is 0 Å². The monoisotopic (exact) mass is 328 g/mol. The summed E-state index contributed by atoms with van der Waals surface area (Å²) in [5, 5.41) is 0. The van der Waals surface area contributed by atoms with Gasteiger partial charge in [0.25, 0.3) is 0 Å². The molecule has 0 fully saturated rings. The third kappa shape index (κ3) is 3.20. The smallest absolute Gasteiger partial charge is 0.127 e. The molecule has 0 aromatic heterocycles. The zero-order valence-electron chi connectivity index (χ0n) is 15.9. The van der Waals surface area contributed by atoms with Crippen molar-refractivity contribution in [3.05, 3.63) is 34.9 Å². The van der Waals surface area contributed by atoms with E-state index in [9.17, 15) is 0 Å². The lowest BCUT2D eigenvalue weighted by Gasteiger charge is -2.47. The summed E-state index contributed by atoms with van der Waals surface area (Å²) in [7, 11) is 1.80. The fourth-order valence-corrected chi connectivity index (χ4v) is 4.49. The van der Waals surface area contributed by atoms with Crippen molar-refractivity contribution >= 4 is 0 Å². The lowest BCUT2D eigenvalue weighted by molar-refractivity contribution is 0.00749. The van der Waals surface area contributed by atoms with Gasteiger partial charge in [0.05, 0.1) is 7.11 Å². The minimum absolute atomic E-state index is 0.123. The van der Waals surface area contributed by atoms with E-state index in [4.69, 9.17) is 9.47 Å². The molecule has 2 nitrogen and oxygen atoms in total. The standard InChI is InChI=1S/C22H32O2/c1-6-7-8-9-16-13-19(23-5)21-17-12-15(2)10-11-18(17)22(3,4)24-20(21)14-16/h10,13-14,17-18H,6-9,11-12H2,1-5H3/t17-,18+/m1/s1. The van der Waals surface area contributed by atoms with Crippen LogP contribution in [-0.4, -0.2) is 12.7 Å². The SMILES string of the molecule is CCCCCc1cc(OC)c2c(c1)OC(C)(C)[C@H]1CC=C(C)C[C@@H]21. The van der Waals surface area contributed by atoms with Crippen molar-refractivity contribution in [3.63, 3.8) is 0 Å². The Bertz CT molecular complexity index is 627. The van der Waals surface area contributed by atoms with Gasteiger partial charge in [0.1, 0.15) is 17.1 Å². The molecule has 1 aliphatic carbocycles. The number of allylic oxidation sites excluding steroid dienone is 2. The van der Waals surface area contributed by atoms with Crippen molar-refractivity contribution < 1.29 is 9.47 Å². The van der Waals surface area contributed by atoms with E-state index in [1.54, 1.807) is 7.11 Å². The maximum Gasteiger partial charge on any atom is 0.127 e. The van der Waals surface area contributed by atoms with Crippen molar-refractivity contribution in [2.24, 2.45) is 5.92 Å². The third-order valence-corrected chi connectivity index (χ3v) is 5.84. The molecule has 0 saturated heterocycles. The van der Waals surface area contributed by atoms with Crippen molar-refractivity contribution in [3.8, 4) is 11.5 Å². The molecule has 0 spiro atoms. The average Bonchev–Trinajstić information content (AvgIpc) is 2.53. The molecule has 1 heterocycles. The van der Waals surface area contributed by atoms with Gasteiger partial charge in [-0.1, -0.05) is 31.4 Å². The molecule has 1 aliphatic heterocycles. The zero-order valence-corrected chi connectivity index (χ0v) is 15.9. The van der Waals surface area contributed by atoms with Gasteiger partial charge in [-0.2, -0.15) is 0 Å². The largest absolute Gasteiger partial charge is 0.496 e. The van der Waals surface area contributed by atoms with E-state index in [0.29, 0.717) is 11.8 Å². The van der Waals surface area contributed by atoms with E-state index in [-0.39, 0.29) is 5.60 Å². The highest BCUT2D eigenvalue weighted by Crippen LogP contribution is 2.54. The van der Waals surface area contributed by atoms with Crippen molar-refractivity contribution in [1.29, 1.82) is 0 Å². The number of benzene rings is 1. The molecular weight excluding hydrogens is 296 g/mol. The third-order valence-electron chi connectivity index (χ3n) is 5.84. The Kier molecular flexibility index (Phi) is 4.94. The highest BCUT2D eigenvalue weighted by Gasteiger charge is 2.45. The minimum atomic E-state index is -0.123. The van der Waals surface area contributed by atoms with E-state index in [1.165, 1.54) is 36.0 Å². The summed E-state index contributed by atoms with van der Waals surface area (Å²) < 4.78 is 12.3. The van der Waals surface area contributed by atoms with Gasteiger partial charge in [0.15, 0.2) is 0 Å². The molecule has 0 saturated carbocycles. The number of fused-ring (bicyclic) bond motifs is 3. The highest BCUT2D eigenvalue weighted by molar-refractivity contribution is 5.53. The Hall–Kier alpha value is -1.44. The normalized spacial score (nSPS) is 24.5. The van der Waals surface area contributed by atoms with Gasteiger partial charge in [0.2, 0.25) is 0 Å². The van der Waals surface area contributed by atoms with Crippen LogP contribution >= 0.6 is 0 Å². The maximum absolute atomic E-state index is 6.50. The van der Waals surface area contributed by atoms with Gasteiger partial charge in [0, 0.05) is 17.4 Å². The van der Waals surface area contributed by atoms with Crippen LogP contribution in [-0.2, 0) is 6.42 Å². The first-order chi connectivity index (χ1) is 11.5. The van der Waals surface area contributed by atoms with Crippen LogP contribution in [0.1, 0.15) is 76.8 Å². The fraction of sp³-hybridized carbons (Fsp3) is 0.636. The van der Waals surface area contributed by atoms with Gasteiger partial charge >= 0.3 is 0 Å². The second kappa shape index (κ2) is 6.82. The molecular formula is C22H32O2. The Morgan fingerprint density at radius 3 is 2.75 bits per heavy atom. The lowest BCUT2D eigenvalue weighted by atomic mass is 9.67. The van der Waals surface area contributed by atoms with Crippen LogP contribution in [0.2, 0.25) is 0 Å². The van der Waals surface area contributed by atoms with Crippen molar-refractivity contribution in [2.75, 3.05) is 7.11 Å². The molecule has 1 aromatic rings. The van der Waals surface area contributed by atoms with Crippen LogP contribution in [0, 0.1) is 5.92 Å². The van der Waals surface area contributed by atoms with Gasteiger partial charge in [-0.15, -0.1) is 0 Å². The lowest BCUT2D eigenvalue weighted by Crippen LogP contribution is -2.45. The summed E-state index contributed by atoms with van der Waals surface area (Å²) in [6, 6.07) is 4.53. The summed E-state index contributed by atoms with van der Waals surface area (Å²) in [5.74, 6) is 3.11. The Balaban J connectivity index is 2.01. The number of unbranched alkanes of at least 4 members (excludes halogenated alkanes) is 2. The van der Waals surface area contributed by atoms with Crippen LogP contribution in [0.4, 0.5) is 0 Å². The minimum Gasteiger partial charge on any atom is -0.496 e. The number of rotatable bonds is 5. The number of hydrogen-bond donors (Lipinski definition) is 0. The molecule has 2 atom stereocenters. The maximum atomic E-state index is 6.50. The van der Waals surface area contributed by atoms with Gasteiger partial charge in [-0.25, -0.2) is 0 Å². The number of ether oxygens (including phenoxy) is 2. The number of hydrogen-bond acceptors (Lipinski definition) is 2. The summed E-state index contributed by atoms with van der Waals surface area (Å²) >= 11 is 0. The summed E-state index contributed by atoms with van der Waals surface area (Å²) in [5.41, 5.74) is 4.01. The molecule has 0 unspecified atom stereocenters. The Labute approximate surface area is 147 Å². The molecule has 132 valence electrons. The first-order valence-corrected chi connectivity index (χ1v) is 9.51. The van der Waals surface area contributed by atoms with Gasteiger partial charge in [-0.3, -0.25) is 0 Å². The fourth-order valence-electron chi connectivity index (χ4n) is 4.49. The molecule has 1 aromatic carbocycles. The topological polar surface area (TPSA) is 18.5 Å². The van der Waals surface area contributed by atoms with Gasteiger partial charge in [-0.05, 0) is 64.2 Å². The molecule has 3 rings (SSSR count). The van der Waals surface area contributed by atoms with Gasteiger partial charge < -0.3 is 9.47 Å². The van der Waals surface area contributed by atoms with Crippen LogP contribution in [0.3, 0.4) is 0 Å². The van der Waals surface area contributed by atoms with Crippen LogP contribution in [0.15, 0.2) is 23.8 Å². The van der Waals surface area contributed by atoms with E-state index >= 15 is 0 Å². The van der Waals surface area contributed by atoms with Crippen LogP contribution < -0.4 is 9.47 Å².